The zero-order valence-corrected chi connectivity index (χ0v) is 17.7. The number of rotatable bonds is 7. The van der Waals surface area contributed by atoms with Gasteiger partial charge in [0.25, 0.3) is 0 Å². The summed E-state index contributed by atoms with van der Waals surface area (Å²) in [6, 6.07) is 5.72. The number of methoxy groups -OCH3 is 3. The van der Waals surface area contributed by atoms with Crippen molar-refractivity contribution in [1.82, 2.24) is 0 Å². The Kier molecular flexibility index (Phi) is 5.66. The van der Waals surface area contributed by atoms with Crippen molar-refractivity contribution in [3.8, 4) is 28.7 Å². The number of aliphatic hydroxyl groups excluding tert-OH is 1. The molecule has 2 aromatic carbocycles. The average Bonchev–Trinajstić information content (AvgIpc) is 3.24. The van der Waals surface area contributed by atoms with E-state index in [-0.39, 0.29) is 13.4 Å². The molecule has 5 N–H and O–H groups in total. The molecule has 10 nitrogen and oxygen atoms in total. The highest BCUT2D eigenvalue weighted by Crippen LogP contribution is 2.52. The fraction of sp³-hybridized carbons (Fsp3) is 0.381. The van der Waals surface area contributed by atoms with Gasteiger partial charge < -0.3 is 34.5 Å². The number of fused-ring (bicyclic) bond motifs is 2. The van der Waals surface area contributed by atoms with E-state index in [9.17, 15) is 5.11 Å². The summed E-state index contributed by atoms with van der Waals surface area (Å²) in [6.07, 6.45) is 0.271. The number of hydrogen-bond acceptors (Lipinski definition) is 10. The summed E-state index contributed by atoms with van der Waals surface area (Å²) in [6.45, 7) is 0.115. The monoisotopic (exact) mass is 430 g/mol. The third-order valence-electron chi connectivity index (χ3n) is 5.36. The van der Waals surface area contributed by atoms with Gasteiger partial charge >= 0.3 is 0 Å². The molecule has 2 heterocycles. The standard InChI is InChI=1S/C21H26N4O6/c1-27-19-17(22)16-12(8-11-4-5-13-14(9-11)31-10-30-13)24-15(6-7-26)25(23)18(16)20(28-2)21(19)29-3/h4-5,9,15,26H,6-8,10,22-23H2,1-3H3. The van der Waals surface area contributed by atoms with E-state index in [1.807, 2.05) is 18.2 Å². The van der Waals surface area contributed by atoms with Gasteiger partial charge in [-0.05, 0) is 17.7 Å². The van der Waals surface area contributed by atoms with E-state index in [4.69, 9.17) is 40.3 Å². The summed E-state index contributed by atoms with van der Waals surface area (Å²) in [5, 5.41) is 11.0. The van der Waals surface area contributed by atoms with E-state index in [0.29, 0.717) is 64.2 Å². The largest absolute Gasteiger partial charge is 0.491 e. The second-order valence-corrected chi connectivity index (χ2v) is 7.08. The van der Waals surface area contributed by atoms with Crippen LogP contribution in [-0.2, 0) is 6.42 Å². The molecule has 10 heteroatoms. The summed E-state index contributed by atoms with van der Waals surface area (Å²) in [5.41, 5.74) is 9.62. The van der Waals surface area contributed by atoms with Crippen LogP contribution in [0, 0.1) is 0 Å². The Morgan fingerprint density at radius 2 is 1.81 bits per heavy atom. The molecule has 2 aliphatic rings. The Labute approximate surface area is 179 Å². The maximum absolute atomic E-state index is 9.55. The van der Waals surface area contributed by atoms with Crippen LogP contribution < -0.4 is 40.3 Å². The maximum Gasteiger partial charge on any atom is 0.231 e. The first-order chi connectivity index (χ1) is 15.0. The maximum atomic E-state index is 9.55. The lowest BCUT2D eigenvalue weighted by Gasteiger charge is -2.36. The molecule has 0 aliphatic carbocycles. The average molecular weight is 430 g/mol. The van der Waals surface area contributed by atoms with Gasteiger partial charge in [0.1, 0.15) is 11.9 Å². The Bertz CT molecular complexity index is 1030. The van der Waals surface area contributed by atoms with Gasteiger partial charge in [0.15, 0.2) is 23.0 Å². The number of nitrogens with two attached hydrogens (primary N) is 2. The van der Waals surface area contributed by atoms with Crippen LogP contribution in [0.4, 0.5) is 11.4 Å². The highest BCUT2D eigenvalue weighted by atomic mass is 16.7. The molecule has 2 aromatic rings. The number of ether oxygens (including phenoxy) is 5. The quantitative estimate of drug-likeness (QED) is 0.441. The molecule has 0 fully saturated rings. The molecule has 166 valence electrons. The summed E-state index contributed by atoms with van der Waals surface area (Å²) < 4.78 is 27.6. The van der Waals surface area contributed by atoms with Gasteiger partial charge in [-0.2, -0.15) is 0 Å². The zero-order chi connectivity index (χ0) is 22.1. The molecule has 0 bridgehead atoms. The van der Waals surface area contributed by atoms with Crippen LogP contribution >= 0.6 is 0 Å². The van der Waals surface area contributed by atoms with Crippen molar-refractivity contribution in [3.05, 3.63) is 29.3 Å². The fourth-order valence-corrected chi connectivity index (χ4v) is 3.96. The van der Waals surface area contributed by atoms with Gasteiger partial charge in [-0.25, -0.2) is 5.84 Å². The van der Waals surface area contributed by atoms with Gasteiger partial charge in [-0.3, -0.25) is 10.0 Å². The molecule has 1 atom stereocenters. The van der Waals surface area contributed by atoms with Crippen molar-refractivity contribution < 1.29 is 28.8 Å². The molecule has 0 spiro atoms. The number of aliphatic hydroxyl groups is 1. The van der Waals surface area contributed by atoms with Crippen LogP contribution in [0.2, 0.25) is 0 Å². The van der Waals surface area contributed by atoms with Crippen molar-refractivity contribution in [3.63, 3.8) is 0 Å². The Morgan fingerprint density at radius 1 is 1.10 bits per heavy atom. The Hall–Kier alpha value is -3.37. The molecule has 0 saturated heterocycles. The summed E-state index contributed by atoms with van der Waals surface area (Å²) in [7, 11) is 4.53. The second kappa shape index (κ2) is 8.40. The summed E-state index contributed by atoms with van der Waals surface area (Å²) >= 11 is 0. The first kappa shape index (κ1) is 20.9. The molecule has 0 aromatic heterocycles. The fourth-order valence-electron chi connectivity index (χ4n) is 3.96. The predicted octanol–water partition coefficient (Wildman–Crippen LogP) is 1.46. The number of nitrogens with zero attached hydrogens (tertiary/aromatic N) is 2. The van der Waals surface area contributed by atoms with Crippen LogP contribution in [0.1, 0.15) is 17.5 Å². The number of hydrazine groups is 1. The SMILES string of the molecule is COc1c(N)c2c(c(OC)c1OC)N(N)C(CCO)N=C2Cc1ccc2c(c1)OCO2. The van der Waals surface area contributed by atoms with Crippen LogP contribution in [0.5, 0.6) is 28.7 Å². The normalized spacial score (nSPS) is 16.6. The third kappa shape index (κ3) is 3.43. The molecular formula is C21H26N4O6. The van der Waals surface area contributed by atoms with Crippen molar-refractivity contribution in [2.75, 3.05) is 45.5 Å². The van der Waals surface area contributed by atoms with Crippen LogP contribution in [0.25, 0.3) is 0 Å². The van der Waals surface area contributed by atoms with Crippen molar-refractivity contribution in [1.29, 1.82) is 0 Å². The molecule has 0 radical (unpaired) electrons. The number of benzene rings is 2. The minimum Gasteiger partial charge on any atom is -0.491 e. The van der Waals surface area contributed by atoms with E-state index >= 15 is 0 Å². The van der Waals surface area contributed by atoms with Crippen LogP contribution in [-0.4, -0.2) is 51.7 Å². The lowest BCUT2D eigenvalue weighted by molar-refractivity contribution is 0.174. The lowest BCUT2D eigenvalue weighted by atomic mass is 9.94. The van der Waals surface area contributed by atoms with E-state index in [2.05, 4.69) is 0 Å². The zero-order valence-electron chi connectivity index (χ0n) is 17.7. The second-order valence-electron chi connectivity index (χ2n) is 7.08. The topological polar surface area (TPSA) is 134 Å². The Morgan fingerprint density at radius 3 is 2.48 bits per heavy atom. The first-order valence-electron chi connectivity index (χ1n) is 9.75. The van der Waals surface area contributed by atoms with Crippen molar-refractivity contribution >= 4 is 17.1 Å². The lowest BCUT2D eigenvalue weighted by Crippen LogP contribution is -2.45. The highest BCUT2D eigenvalue weighted by molar-refractivity contribution is 6.14. The van der Waals surface area contributed by atoms with Gasteiger partial charge in [0, 0.05) is 19.4 Å². The molecule has 0 saturated carbocycles. The van der Waals surface area contributed by atoms with Crippen LogP contribution in [0.15, 0.2) is 23.2 Å². The van der Waals surface area contributed by atoms with E-state index in [0.717, 1.165) is 5.56 Å². The van der Waals surface area contributed by atoms with Crippen molar-refractivity contribution in [2.24, 2.45) is 10.8 Å². The van der Waals surface area contributed by atoms with E-state index in [1.165, 1.54) is 26.3 Å². The smallest absolute Gasteiger partial charge is 0.231 e. The van der Waals surface area contributed by atoms with Gasteiger partial charge in [0.05, 0.1) is 38.3 Å². The number of aliphatic imine (C=N–C) groups is 1. The number of anilines is 2. The van der Waals surface area contributed by atoms with E-state index < -0.39 is 6.17 Å². The highest BCUT2D eigenvalue weighted by Gasteiger charge is 2.35. The molecule has 31 heavy (non-hydrogen) atoms. The number of hydrogen-bond donors (Lipinski definition) is 3. The molecule has 4 rings (SSSR count). The summed E-state index contributed by atoms with van der Waals surface area (Å²) in [5.74, 6) is 8.85. The minimum atomic E-state index is -0.507. The Balaban J connectivity index is 1.88. The van der Waals surface area contributed by atoms with Gasteiger partial charge in [0.2, 0.25) is 12.5 Å². The number of nitrogen functional groups attached to an aromatic ring is 1. The predicted molar refractivity (Wildman–Crippen MR) is 115 cm³/mol. The molecular weight excluding hydrogens is 404 g/mol. The van der Waals surface area contributed by atoms with Gasteiger partial charge in [-0.15, -0.1) is 0 Å². The first-order valence-corrected chi connectivity index (χ1v) is 9.75. The van der Waals surface area contributed by atoms with E-state index in [1.54, 1.807) is 0 Å². The summed E-state index contributed by atoms with van der Waals surface area (Å²) in [4.78, 5) is 4.80. The molecule has 2 aliphatic heterocycles. The third-order valence-corrected chi connectivity index (χ3v) is 5.36. The van der Waals surface area contributed by atoms with Crippen molar-refractivity contribution in [2.45, 2.75) is 19.0 Å². The van der Waals surface area contributed by atoms with Gasteiger partial charge in [-0.1, -0.05) is 6.07 Å². The molecule has 1 unspecified atom stereocenters. The minimum absolute atomic E-state index is 0.0837. The van der Waals surface area contributed by atoms with Crippen LogP contribution in [0.3, 0.4) is 0 Å². The molecule has 0 amide bonds.